The maximum atomic E-state index is 12.5. The van der Waals surface area contributed by atoms with Crippen LogP contribution in [-0.4, -0.2) is 30.5 Å². The monoisotopic (exact) mass is 306 g/mol. The molecule has 0 radical (unpaired) electrons. The molecule has 5 nitrogen and oxygen atoms in total. The van der Waals surface area contributed by atoms with Crippen molar-refractivity contribution in [2.24, 2.45) is 23.7 Å². The predicted molar refractivity (Wildman–Crippen MR) is 84.5 cm³/mol. The highest BCUT2D eigenvalue weighted by Crippen LogP contribution is 2.65. The van der Waals surface area contributed by atoms with Crippen LogP contribution >= 0.6 is 11.3 Å². The first-order chi connectivity index (χ1) is 10.1. The minimum atomic E-state index is -0.0282. The van der Waals surface area contributed by atoms with Gasteiger partial charge in [0, 0.05) is 19.6 Å². The highest BCUT2D eigenvalue weighted by molar-refractivity contribution is 7.18. The Hall–Kier alpha value is -1.30. The predicted octanol–water partition coefficient (Wildman–Crippen LogP) is 1.96. The van der Waals surface area contributed by atoms with Gasteiger partial charge < -0.3 is 16.0 Å². The lowest BCUT2D eigenvalue weighted by Gasteiger charge is -2.11. The van der Waals surface area contributed by atoms with Crippen molar-refractivity contribution >= 4 is 28.2 Å². The van der Waals surface area contributed by atoms with Crippen LogP contribution in [0.5, 0.6) is 0 Å². The van der Waals surface area contributed by atoms with Gasteiger partial charge in [0.15, 0.2) is 5.13 Å². The molecular formula is C15H22N4OS. The van der Waals surface area contributed by atoms with Gasteiger partial charge in [-0.25, -0.2) is 4.98 Å². The molecule has 1 aromatic heterocycles. The summed E-state index contributed by atoms with van der Waals surface area (Å²) in [5.74, 6) is 3.57. The molecule has 21 heavy (non-hydrogen) atoms. The second-order valence-corrected chi connectivity index (χ2v) is 7.69. The van der Waals surface area contributed by atoms with Crippen LogP contribution in [0.4, 0.5) is 10.9 Å². The minimum absolute atomic E-state index is 0.0282. The number of nitrogen functional groups attached to an aromatic ring is 1. The van der Waals surface area contributed by atoms with Gasteiger partial charge in [0.05, 0.1) is 0 Å². The van der Waals surface area contributed by atoms with E-state index < -0.39 is 0 Å². The maximum Gasteiger partial charge on any atom is 0.265 e. The minimum Gasteiger partial charge on any atom is -0.382 e. The molecule has 4 rings (SSSR count). The van der Waals surface area contributed by atoms with Gasteiger partial charge >= 0.3 is 0 Å². The van der Waals surface area contributed by atoms with Crippen LogP contribution in [0.3, 0.4) is 0 Å². The van der Waals surface area contributed by atoms with Gasteiger partial charge in [0.1, 0.15) is 10.7 Å². The third-order valence-electron chi connectivity index (χ3n) is 5.68. The van der Waals surface area contributed by atoms with E-state index in [1.807, 2.05) is 11.9 Å². The summed E-state index contributed by atoms with van der Waals surface area (Å²) in [4.78, 5) is 19.3. The molecule has 0 saturated heterocycles. The van der Waals surface area contributed by atoms with E-state index in [0.29, 0.717) is 16.7 Å². The Morgan fingerprint density at radius 3 is 2.71 bits per heavy atom. The number of carbonyl (C=O) groups is 1. The normalized spacial score (nSPS) is 35.6. The number of nitrogens with two attached hydrogens (primary N) is 1. The Morgan fingerprint density at radius 1 is 1.43 bits per heavy atom. The number of nitrogens with one attached hydrogen (secondary N) is 1. The quantitative estimate of drug-likeness (QED) is 0.892. The van der Waals surface area contributed by atoms with Gasteiger partial charge in [-0.3, -0.25) is 4.79 Å². The van der Waals surface area contributed by atoms with E-state index in [-0.39, 0.29) is 5.91 Å². The molecule has 3 aliphatic carbocycles. The lowest BCUT2D eigenvalue weighted by Crippen LogP contribution is -2.29. The second-order valence-electron chi connectivity index (χ2n) is 6.71. The van der Waals surface area contributed by atoms with Crippen LogP contribution in [0, 0.1) is 23.7 Å². The SMILES string of the molecule is CCN(C)c1nc(N)c(C(=O)NC2C3C4CCC(C4)C23)s1. The highest BCUT2D eigenvalue weighted by Gasteiger charge is 2.65. The fourth-order valence-electron chi connectivity index (χ4n) is 4.52. The number of fused-ring (bicyclic) bond motifs is 5. The zero-order chi connectivity index (χ0) is 14.7. The fourth-order valence-corrected chi connectivity index (χ4v) is 5.43. The third kappa shape index (κ3) is 1.95. The number of nitrogens with zero attached hydrogens (tertiary/aromatic N) is 2. The van der Waals surface area contributed by atoms with Crippen molar-refractivity contribution < 1.29 is 4.79 Å². The van der Waals surface area contributed by atoms with E-state index >= 15 is 0 Å². The van der Waals surface area contributed by atoms with Gasteiger partial charge in [0.25, 0.3) is 5.91 Å². The first kappa shape index (κ1) is 13.4. The van der Waals surface area contributed by atoms with Crippen molar-refractivity contribution in [3.05, 3.63) is 4.88 Å². The van der Waals surface area contributed by atoms with Crippen LogP contribution in [0.25, 0.3) is 0 Å². The topological polar surface area (TPSA) is 71.2 Å². The van der Waals surface area contributed by atoms with E-state index in [1.54, 1.807) is 0 Å². The van der Waals surface area contributed by atoms with E-state index in [9.17, 15) is 4.79 Å². The van der Waals surface area contributed by atoms with E-state index in [0.717, 1.165) is 35.3 Å². The number of hydrogen-bond acceptors (Lipinski definition) is 5. The molecule has 1 aromatic rings. The molecule has 2 bridgehead atoms. The first-order valence-corrected chi connectivity index (χ1v) is 8.70. The molecule has 6 heteroatoms. The standard InChI is InChI=1S/C15H22N4OS/c1-3-19(2)15-18-13(16)12(21-15)14(20)17-11-9-7-4-5-8(6-7)10(9)11/h7-11H,3-6,16H2,1-2H3,(H,17,20). The summed E-state index contributed by atoms with van der Waals surface area (Å²) in [5.41, 5.74) is 5.93. The molecule has 3 N–H and O–H groups in total. The average Bonchev–Trinajstić information content (AvgIpc) is 2.88. The molecule has 114 valence electrons. The summed E-state index contributed by atoms with van der Waals surface area (Å²) in [6.45, 7) is 2.91. The van der Waals surface area contributed by atoms with Gasteiger partial charge in [-0.05, 0) is 49.9 Å². The Kier molecular flexibility index (Phi) is 2.93. The maximum absolute atomic E-state index is 12.5. The molecule has 3 fully saturated rings. The van der Waals surface area contributed by atoms with Gasteiger partial charge in [0.2, 0.25) is 0 Å². The fraction of sp³-hybridized carbons (Fsp3) is 0.733. The van der Waals surface area contributed by atoms with Crippen LogP contribution in [0.1, 0.15) is 35.9 Å². The average molecular weight is 306 g/mol. The number of hydrogen-bond donors (Lipinski definition) is 2. The van der Waals surface area contributed by atoms with Gasteiger partial charge in [-0.2, -0.15) is 0 Å². The zero-order valence-corrected chi connectivity index (χ0v) is 13.3. The summed E-state index contributed by atoms with van der Waals surface area (Å²) in [6.07, 6.45) is 4.13. The van der Waals surface area contributed by atoms with Crippen LogP contribution in [-0.2, 0) is 0 Å². The molecule has 1 amide bonds. The number of aromatic nitrogens is 1. The van der Waals surface area contributed by atoms with Crippen molar-refractivity contribution in [1.29, 1.82) is 0 Å². The Morgan fingerprint density at radius 2 is 2.10 bits per heavy atom. The van der Waals surface area contributed by atoms with E-state index in [1.165, 1.54) is 30.6 Å². The molecule has 0 aliphatic heterocycles. The van der Waals surface area contributed by atoms with Crippen LogP contribution in [0.2, 0.25) is 0 Å². The molecular weight excluding hydrogens is 284 g/mol. The summed E-state index contributed by atoms with van der Waals surface area (Å²) in [5, 5.41) is 4.03. The number of anilines is 2. The molecule has 0 aromatic carbocycles. The number of thiazole rings is 1. The largest absolute Gasteiger partial charge is 0.382 e. The Bertz CT molecular complexity index is 570. The van der Waals surface area contributed by atoms with Crippen molar-refractivity contribution in [2.75, 3.05) is 24.2 Å². The molecule has 3 saturated carbocycles. The summed E-state index contributed by atoms with van der Waals surface area (Å²) in [6, 6.07) is 0.401. The Labute approximate surface area is 128 Å². The highest BCUT2D eigenvalue weighted by atomic mass is 32.1. The van der Waals surface area contributed by atoms with Gasteiger partial charge in [-0.15, -0.1) is 0 Å². The van der Waals surface area contributed by atoms with Crippen LogP contribution < -0.4 is 16.0 Å². The van der Waals surface area contributed by atoms with Gasteiger partial charge in [-0.1, -0.05) is 11.3 Å². The van der Waals surface area contributed by atoms with Crippen molar-refractivity contribution in [2.45, 2.75) is 32.2 Å². The lowest BCUT2D eigenvalue weighted by atomic mass is 10.0. The smallest absolute Gasteiger partial charge is 0.265 e. The van der Waals surface area contributed by atoms with Crippen molar-refractivity contribution in [3.63, 3.8) is 0 Å². The summed E-state index contributed by atoms with van der Waals surface area (Å²) < 4.78 is 0. The number of rotatable bonds is 4. The van der Waals surface area contributed by atoms with Crippen molar-refractivity contribution in [1.82, 2.24) is 10.3 Å². The number of carbonyl (C=O) groups excluding carboxylic acids is 1. The van der Waals surface area contributed by atoms with E-state index in [2.05, 4.69) is 17.2 Å². The van der Waals surface area contributed by atoms with E-state index in [4.69, 9.17) is 5.73 Å². The zero-order valence-electron chi connectivity index (χ0n) is 12.5. The van der Waals surface area contributed by atoms with Crippen molar-refractivity contribution in [3.8, 4) is 0 Å². The molecule has 3 aliphatic rings. The summed E-state index contributed by atoms with van der Waals surface area (Å²) >= 11 is 1.39. The number of amides is 1. The first-order valence-electron chi connectivity index (χ1n) is 7.88. The molecule has 1 heterocycles. The molecule has 4 atom stereocenters. The third-order valence-corrected chi connectivity index (χ3v) is 6.87. The Balaban J connectivity index is 1.45. The molecule has 4 unspecified atom stereocenters. The van der Waals surface area contributed by atoms with Crippen LogP contribution in [0.15, 0.2) is 0 Å². The lowest BCUT2D eigenvalue weighted by molar-refractivity contribution is 0.0949. The second kappa shape index (κ2) is 4.60. The molecule has 0 spiro atoms. The summed E-state index contributed by atoms with van der Waals surface area (Å²) in [7, 11) is 1.96.